The monoisotopic (exact) mass is 194 g/mol. The number of hydrogen-bond acceptors (Lipinski definition) is 0. The van der Waals surface area contributed by atoms with Crippen molar-refractivity contribution in [2.45, 2.75) is 37.0 Å². The van der Waals surface area contributed by atoms with E-state index in [1.54, 1.807) is 0 Å². The lowest BCUT2D eigenvalue weighted by molar-refractivity contribution is 0.450. The summed E-state index contributed by atoms with van der Waals surface area (Å²) in [5, 5.41) is 0.358. The van der Waals surface area contributed by atoms with Crippen molar-refractivity contribution in [2.24, 2.45) is 0 Å². The first-order valence-electron chi connectivity index (χ1n) is 5.07. The lowest BCUT2D eigenvalue weighted by Gasteiger charge is -2.27. The fourth-order valence-corrected chi connectivity index (χ4v) is 2.59. The van der Waals surface area contributed by atoms with E-state index >= 15 is 0 Å². The highest BCUT2D eigenvalue weighted by Gasteiger charge is 2.23. The second-order valence-corrected chi connectivity index (χ2v) is 4.38. The number of rotatable bonds is 1. The molecule has 2 atom stereocenters. The summed E-state index contributed by atoms with van der Waals surface area (Å²) in [5.74, 6) is 0.594. The Morgan fingerprint density at radius 1 is 1.00 bits per heavy atom. The van der Waals surface area contributed by atoms with Crippen LogP contribution in [0.1, 0.15) is 37.2 Å². The lowest BCUT2D eigenvalue weighted by atomic mass is 9.84. The van der Waals surface area contributed by atoms with Crippen LogP contribution in [0.5, 0.6) is 0 Å². The molecule has 1 aliphatic rings. The first-order chi connectivity index (χ1) is 6.38. The average molecular weight is 195 g/mol. The van der Waals surface area contributed by atoms with Gasteiger partial charge in [-0.15, -0.1) is 11.6 Å². The molecule has 70 valence electrons. The molecule has 0 heterocycles. The molecule has 0 radical (unpaired) electrons. The van der Waals surface area contributed by atoms with Gasteiger partial charge in [-0.1, -0.05) is 43.2 Å². The average Bonchev–Trinajstić information content (AvgIpc) is 2.20. The van der Waals surface area contributed by atoms with Crippen molar-refractivity contribution in [3.8, 4) is 0 Å². The Labute approximate surface area is 84.9 Å². The molecule has 0 saturated heterocycles. The third kappa shape index (κ3) is 2.05. The number of halogens is 1. The normalized spacial score (nSPS) is 28.7. The molecule has 1 aliphatic carbocycles. The molecule has 13 heavy (non-hydrogen) atoms. The second-order valence-electron chi connectivity index (χ2n) is 3.82. The van der Waals surface area contributed by atoms with Gasteiger partial charge in [0.25, 0.3) is 0 Å². The largest absolute Gasteiger partial charge is 0.122 e. The van der Waals surface area contributed by atoms with Crippen LogP contribution in [-0.2, 0) is 0 Å². The molecule has 1 heteroatoms. The van der Waals surface area contributed by atoms with E-state index in [0.29, 0.717) is 11.3 Å². The van der Waals surface area contributed by atoms with Crippen molar-refractivity contribution in [3.05, 3.63) is 35.9 Å². The zero-order chi connectivity index (χ0) is 9.10. The van der Waals surface area contributed by atoms with Gasteiger partial charge in [-0.3, -0.25) is 0 Å². The highest BCUT2D eigenvalue weighted by atomic mass is 35.5. The summed E-state index contributed by atoms with van der Waals surface area (Å²) in [5.41, 5.74) is 1.42. The number of hydrogen-bond donors (Lipinski definition) is 0. The molecule has 1 aromatic carbocycles. The summed E-state index contributed by atoms with van der Waals surface area (Å²) >= 11 is 6.32. The minimum Gasteiger partial charge on any atom is -0.122 e. The summed E-state index contributed by atoms with van der Waals surface area (Å²) in [6.07, 6.45) is 5.08. The van der Waals surface area contributed by atoms with Crippen LogP contribution >= 0.6 is 11.6 Å². The SMILES string of the molecule is Cl[C@@H]1CCCC[C@H]1c1ccccc1. The van der Waals surface area contributed by atoms with Gasteiger partial charge >= 0.3 is 0 Å². The van der Waals surface area contributed by atoms with Crippen molar-refractivity contribution in [2.75, 3.05) is 0 Å². The lowest BCUT2D eigenvalue weighted by Crippen LogP contribution is -2.17. The summed E-state index contributed by atoms with van der Waals surface area (Å²) in [6, 6.07) is 10.7. The van der Waals surface area contributed by atoms with Crippen molar-refractivity contribution >= 4 is 11.6 Å². The van der Waals surface area contributed by atoms with Crippen molar-refractivity contribution < 1.29 is 0 Å². The van der Waals surface area contributed by atoms with Crippen LogP contribution < -0.4 is 0 Å². The standard InChI is InChI=1S/C12H15Cl/c13-12-9-5-4-8-11(12)10-6-2-1-3-7-10/h1-3,6-7,11-12H,4-5,8-9H2/t11-,12+/m0/s1. The van der Waals surface area contributed by atoms with Crippen molar-refractivity contribution in [3.63, 3.8) is 0 Å². The van der Waals surface area contributed by atoms with E-state index in [1.807, 2.05) is 0 Å². The van der Waals surface area contributed by atoms with Gasteiger partial charge in [-0.05, 0) is 18.4 Å². The predicted molar refractivity (Wildman–Crippen MR) is 57.3 cm³/mol. The molecule has 2 rings (SSSR count). The van der Waals surface area contributed by atoms with E-state index < -0.39 is 0 Å². The Bertz CT molecular complexity index is 255. The zero-order valence-corrected chi connectivity index (χ0v) is 8.50. The predicted octanol–water partition coefficient (Wildman–Crippen LogP) is 3.95. The first-order valence-corrected chi connectivity index (χ1v) is 5.50. The van der Waals surface area contributed by atoms with Gasteiger partial charge in [-0.25, -0.2) is 0 Å². The fraction of sp³-hybridized carbons (Fsp3) is 0.500. The molecule has 0 N–H and O–H groups in total. The summed E-state index contributed by atoms with van der Waals surface area (Å²) in [6.45, 7) is 0. The topological polar surface area (TPSA) is 0 Å². The van der Waals surface area contributed by atoms with Crippen LogP contribution in [-0.4, -0.2) is 5.38 Å². The van der Waals surface area contributed by atoms with Crippen LogP contribution in [0.3, 0.4) is 0 Å². The zero-order valence-electron chi connectivity index (χ0n) is 7.75. The summed E-state index contributed by atoms with van der Waals surface area (Å²) in [7, 11) is 0. The molecule has 0 amide bonds. The summed E-state index contributed by atoms with van der Waals surface area (Å²) < 4.78 is 0. The van der Waals surface area contributed by atoms with Crippen LogP contribution in [0, 0.1) is 0 Å². The molecule has 0 nitrogen and oxygen atoms in total. The molecular weight excluding hydrogens is 180 g/mol. The Hall–Kier alpha value is -0.490. The van der Waals surface area contributed by atoms with E-state index in [2.05, 4.69) is 30.3 Å². The van der Waals surface area contributed by atoms with E-state index in [1.165, 1.54) is 31.2 Å². The van der Waals surface area contributed by atoms with Gasteiger partial charge in [-0.2, -0.15) is 0 Å². The highest BCUT2D eigenvalue weighted by molar-refractivity contribution is 6.21. The third-order valence-electron chi connectivity index (χ3n) is 2.91. The number of alkyl halides is 1. The Balaban J connectivity index is 2.15. The van der Waals surface area contributed by atoms with Gasteiger partial charge in [0.1, 0.15) is 0 Å². The van der Waals surface area contributed by atoms with Gasteiger partial charge in [0.05, 0.1) is 0 Å². The highest BCUT2D eigenvalue weighted by Crippen LogP contribution is 2.36. The second kappa shape index (κ2) is 4.15. The van der Waals surface area contributed by atoms with Gasteiger partial charge < -0.3 is 0 Å². The summed E-state index contributed by atoms with van der Waals surface area (Å²) in [4.78, 5) is 0. The maximum atomic E-state index is 6.32. The van der Waals surface area contributed by atoms with E-state index in [-0.39, 0.29) is 0 Å². The molecule has 0 bridgehead atoms. The maximum absolute atomic E-state index is 6.32. The third-order valence-corrected chi connectivity index (χ3v) is 3.43. The Morgan fingerprint density at radius 3 is 2.38 bits per heavy atom. The molecule has 0 aromatic heterocycles. The minimum atomic E-state index is 0.358. The molecule has 0 aliphatic heterocycles. The quantitative estimate of drug-likeness (QED) is 0.594. The first kappa shape index (κ1) is 9.08. The van der Waals surface area contributed by atoms with Gasteiger partial charge in [0.15, 0.2) is 0 Å². The van der Waals surface area contributed by atoms with Crippen LogP contribution in [0.25, 0.3) is 0 Å². The van der Waals surface area contributed by atoms with E-state index in [4.69, 9.17) is 11.6 Å². The van der Waals surface area contributed by atoms with Crippen molar-refractivity contribution in [1.82, 2.24) is 0 Å². The van der Waals surface area contributed by atoms with Gasteiger partial charge in [0.2, 0.25) is 0 Å². The smallest absolute Gasteiger partial charge is 0.0404 e. The van der Waals surface area contributed by atoms with Crippen molar-refractivity contribution in [1.29, 1.82) is 0 Å². The molecule has 1 aromatic rings. The Kier molecular flexibility index (Phi) is 2.90. The van der Waals surface area contributed by atoms with E-state index in [0.717, 1.165) is 0 Å². The van der Waals surface area contributed by atoms with Gasteiger partial charge in [0, 0.05) is 11.3 Å². The van der Waals surface area contributed by atoms with E-state index in [9.17, 15) is 0 Å². The molecule has 0 unspecified atom stereocenters. The van der Waals surface area contributed by atoms with Crippen LogP contribution in [0.15, 0.2) is 30.3 Å². The molecular formula is C12H15Cl. The molecule has 0 spiro atoms. The number of benzene rings is 1. The van der Waals surface area contributed by atoms with Crippen LogP contribution in [0.4, 0.5) is 0 Å². The molecule has 1 saturated carbocycles. The Morgan fingerprint density at radius 2 is 1.69 bits per heavy atom. The fourth-order valence-electron chi connectivity index (χ4n) is 2.16. The molecule has 1 fully saturated rings. The minimum absolute atomic E-state index is 0.358. The maximum Gasteiger partial charge on any atom is 0.0404 e. The van der Waals surface area contributed by atoms with Crippen LogP contribution in [0.2, 0.25) is 0 Å².